The molecule has 0 spiro atoms. The van der Waals surface area contributed by atoms with Crippen LogP contribution in [0, 0.1) is 5.82 Å². The molecule has 1 aliphatic heterocycles. The molecule has 10 heteroatoms. The van der Waals surface area contributed by atoms with Crippen LogP contribution in [-0.4, -0.2) is 54.6 Å². The largest absolute Gasteiger partial charge is 0.493 e. The first-order chi connectivity index (χ1) is 18.0. The lowest BCUT2D eigenvalue weighted by atomic mass is 9.84. The van der Waals surface area contributed by atoms with Crippen molar-refractivity contribution in [2.75, 3.05) is 33.5 Å². The highest BCUT2D eigenvalue weighted by atomic mass is 35.5. The molecule has 1 amide bonds. The molecule has 1 atom stereocenters. The van der Waals surface area contributed by atoms with Crippen molar-refractivity contribution in [1.82, 2.24) is 10.3 Å². The zero-order valence-corrected chi connectivity index (χ0v) is 22.4. The number of aromatic nitrogens is 1. The highest BCUT2D eigenvalue weighted by molar-refractivity contribution is 6.31. The molecule has 3 N–H and O–H groups in total. The first-order valence-electron chi connectivity index (χ1n) is 12.0. The summed E-state index contributed by atoms with van der Waals surface area (Å²) in [6.45, 7) is 5.78. The number of hydrogen-bond acceptors (Lipinski definition) is 7. The summed E-state index contributed by atoms with van der Waals surface area (Å²) in [6, 6.07) is 10.7. The Morgan fingerprint density at radius 2 is 2.00 bits per heavy atom. The SMILES string of the molecule is COc1cc(C(=O)NCC(C)(O)c2cc3c(c(-c4ccc(F)c(Cl)c4)n2)OCC3(C)C)ccc1OCCO. The van der Waals surface area contributed by atoms with Gasteiger partial charge in [0.15, 0.2) is 11.5 Å². The van der Waals surface area contributed by atoms with Crippen LogP contribution in [0.1, 0.15) is 42.4 Å². The highest BCUT2D eigenvalue weighted by Crippen LogP contribution is 2.45. The van der Waals surface area contributed by atoms with Crippen LogP contribution in [0.4, 0.5) is 4.39 Å². The number of halogens is 2. The summed E-state index contributed by atoms with van der Waals surface area (Å²) >= 11 is 6.03. The van der Waals surface area contributed by atoms with E-state index in [4.69, 9.17) is 30.9 Å². The van der Waals surface area contributed by atoms with E-state index in [9.17, 15) is 14.3 Å². The van der Waals surface area contributed by atoms with Crippen molar-refractivity contribution in [3.63, 3.8) is 0 Å². The summed E-state index contributed by atoms with van der Waals surface area (Å²) in [4.78, 5) is 17.6. The van der Waals surface area contributed by atoms with E-state index in [1.165, 1.54) is 25.3 Å². The molecule has 8 nitrogen and oxygen atoms in total. The van der Waals surface area contributed by atoms with Gasteiger partial charge in [0.1, 0.15) is 29.5 Å². The van der Waals surface area contributed by atoms with Gasteiger partial charge >= 0.3 is 0 Å². The van der Waals surface area contributed by atoms with E-state index in [-0.39, 0.29) is 30.2 Å². The number of aliphatic hydroxyl groups excluding tert-OH is 1. The monoisotopic (exact) mass is 544 g/mol. The second-order valence-electron chi connectivity index (χ2n) is 9.93. The number of carbonyl (C=O) groups excluding carboxylic acids is 1. The van der Waals surface area contributed by atoms with E-state index in [2.05, 4.69) is 10.3 Å². The Balaban J connectivity index is 1.62. The number of rotatable bonds is 9. The molecule has 2 heterocycles. The van der Waals surface area contributed by atoms with Crippen LogP contribution in [-0.2, 0) is 11.0 Å². The molecule has 1 unspecified atom stereocenters. The molecule has 0 bridgehead atoms. The van der Waals surface area contributed by atoms with Crippen molar-refractivity contribution in [3.05, 3.63) is 70.1 Å². The Morgan fingerprint density at radius 3 is 2.68 bits per heavy atom. The van der Waals surface area contributed by atoms with Gasteiger partial charge in [0.2, 0.25) is 0 Å². The maximum atomic E-state index is 13.8. The van der Waals surface area contributed by atoms with Crippen molar-refractivity contribution in [3.8, 4) is 28.5 Å². The van der Waals surface area contributed by atoms with Gasteiger partial charge in [-0.15, -0.1) is 0 Å². The maximum Gasteiger partial charge on any atom is 0.251 e. The van der Waals surface area contributed by atoms with Gasteiger partial charge in [-0.1, -0.05) is 25.4 Å². The van der Waals surface area contributed by atoms with Gasteiger partial charge in [0.05, 0.1) is 37.6 Å². The molecule has 2 aromatic carbocycles. The first-order valence-corrected chi connectivity index (χ1v) is 12.4. The van der Waals surface area contributed by atoms with Crippen LogP contribution in [0.2, 0.25) is 5.02 Å². The zero-order chi connectivity index (χ0) is 27.7. The number of benzene rings is 2. The minimum absolute atomic E-state index is 0.0528. The predicted octanol–water partition coefficient (Wildman–Crippen LogP) is 4.23. The van der Waals surface area contributed by atoms with Gasteiger partial charge in [-0.05, 0) is 49.4 Å². The third-order valence-electron chi connectivity index (χ3n) is 6.39. The second kappa shape index (κ2) is 10.8. The summed E-state index contributed by atoms with van der Waals surface area (Å²) in [7, 11) is 1.45. The number of carbonyl (C=O) groups is 1. The normalized spacial score (nSPS) is 15.3. The van der Waals surface area contributed by atoms with E-state index in [0.29, 0.717) is 46.4 Å². The fraction of sp³-hybridized carbons (Fsp3) is 0.357. The molecule has 0 saturated heterocycles. The maximum absolute atomic E-state index is 13.8. The molecule has 0 radical (unpaired) electrons. The van der Waals surface area contributed by atoms with Crippen molar-refractivity contribution in [1.29, 1.82) is 0 Å². The fourth-order valence-corrected chi connectivity index (χ4v) is 4.34. The average Bonchev–Trinajstić information content (AvgIpc) is 3.21. The molecule has 4 rings (SSSR count). The molecule has 1 aliphatic rings. The zero-order valence-electron chi connectivity index (χ0n) is 21.6. The van der Waals surface area contributed by atoms with Crippen LogP contribution < -0.4 is 19.5 Å². The summed E-state index contributed by atoms with van der Waals surface area (Å²) < 4.78 is 30.5. The average molecular weight is 545 g/mol. The Hall–Kier alpha value is -3.40. The van der Waals surface area contributed by atoms with Gasteiger partial charge in [-0.3, -0.25) is 4.79 Å². The molecule has 0 fully saturated rings. The highest BCUT2D eigenvalue weighted by Gasteiger charge is 2.38. The van der Waals surface area contributed by atoms with E-state index in [0.717, 1.165) is 5.56 Å². The number of aliphatic hydroxyl groups is 2. The number of fused-ring (bicyclic) bond motifs is 1. The third-order valence-corrected chi connectivity index (χ3v) is 6.68. The Bertz CT molecular complexity index is 1360. The van der Waals surface area contributed by atoms with E-state index >= 15 is 0 Å². The summed E-state index contributed by atoms with van der Waals surface area (Å²) in [5.41, 5.74) is 0.510. The van der Waals surface area contributed by atoms with Gasteiger partial charge < -0.3 is 29.7 Å². The summed E-state index contributed by atoms with van der Waals surface area (Å²) in [5.74, 6) is 0.294. The summed E-state index contributed by atoms with van der Waals surface area (Å²) in [5, 5.41) is 23.1. The number of ether oxygens (including phenoxy) is 3. The van der Waals surface area contributed by atoms with E-state index in [1.54, 1.807) is 31.2 Å². The van der Waals surface area contributed by atoms with Gasteiger partial charge in [0.25, 0.3) is 5.91 Å². The topological polar surface area (TPSA) is 110 Å². The quantitative estimate of drug-likeness (QED) is 0.370. The standard InChI is InChI=1S/C28H30ClFN2O6/c1-27(2)15-38-25-18(27)13-23(32-24(25)16-5-7-20(30)19(29)11-16)28(3,35)14-31-26(34)17-6-8-21(37-10-9-33)22(12-17)36-4/h5-8,11-13,33,35H,9-10,14-15H2,1-4H3,(H,31,34). The van der Waals surface area contributed by atoms with Gasteiger partial charge in [-0.25, -0.2) is 9.37 Å². The molecule has 3 aromatic rings. The van der Waals surface area contributed by atoms with Crippen molar-refractivity contribution < 1.29 is 33.6 Å². The van der Waals surface area contributed by atoms with E-state index < -0.39 is 17.3 Å². The lowest BCUT2D eigenvalue weighted by molar-refractivity contribution is 0.0489. The van der Waals surface area contributed by atoms with Crippen LogP contribution in [0.5, 0.6) is 17.2 Å². The minimum atomic E-state index is -1.56. The molecule has 1 aromatic heterocycles. The Kier molecular flexibility index (Phi) is 7.83. The molecule has 38 heavy (non-hydrogen) atoms. The van der Waals surface area contributed by atoms with Gasteiger partial charge in [0, 0.05) is 22.1 Å². The van der Waals surface area contributed by atoms with Crippen LogP contribution in [0.15, 0.2) is 42.5 Å². The van der Waals surface area contributed by atoms with Crippen molar-refractivity contribution in [2.24, 2.45) is 0 Å². The number of nitrogens with zero attached hydrogens (tertiary/aromatic N) is 1. The Labute approximate surface area is 225 Å². The third kappa shape index (κ3) is 5.55. The Morgan fingerprint density at radius 1 is 1.24 bits per heavy atom. The molecular formula is C28H30ClFN2O6. The van der Waals surface area contributed by atoms with Crippen LogP contribution >= 0.6 is 11.6 Å². The minimum Gasteiger partial charge on any atom is -0.493 e. The number of methoxy groups -OCH3 is 1. The van der Waals surface area contributed by atoms with Crippen molar-refractivity contribution in [2.45, 2.75) is 31.8 Å². The number of amides is 1. The van der Waals surface area contributed by atoms with Crippen LogP contribution in [0.25, 0.3) is 11.3 Å². The lowest BCUT2D eigenvalue weighted by Gasteiger charge is -2.26. The predicted molar refractivity (Wildman–Crippen MR) is 141 cm³/mol. The second-order valence-corrected chi connectivity index (χ2v) is 10.3. The fourth-order valence-electron chi connectivity index (χ4n) is 4.16. The smallest absolute Gasteiger partial charge is 0.251 e. The lowest BCUT2D eigenvalue weighted by Crippen LogP contribution is -2.39. The molecule has 202 valence electrons. The van der Waals surface area contributed by atoms with Crippen LogP contribution in [0.3, 0.4) is 0 Å². The van der Waals surface area contributed by atoms with Gasteiger partial charge in [-0.2, -0.15) is 0 Å². The first kappa shape index (κ1) is 27.6. The molecular weight excluding hydrogens is 515 g/mol. The number of nitrogens with one attached hydrogen (secondary N) is 1. The number of pyridine rings is 1. The van der Waals surface area contributed by atoms with E-state index in [1.807, 2.05) is 13.8 Å². The number of hydrogen-bond donors (Lipinski definition) is 3. The summed E-state index contributed by atoms with van der Waals surface area (Å²) in [6.07, 6.45) is 0. The molecule has 0 aliphatic carbocycles. The molecule has 0 saturated carbocycles. The van der Waals surface area contributed by atoms with Crippen molar-refractivity contribution >= 4 is 17.5 Å².